The van der Waals surface area contributed by atoms with Gasteiger partial charge in [0.2, 0.25) is 5.91 Å². The molecule has 3 heterocycles. The Hall–Kier alpha value is -3.25. The molecule has 3 fully saturated rings. The van der Waals surface area contributed by atoms with Crippen LogP contribution < -0.4 is 5.73 Å². The summed E-state index contributed by atoms with van der Waals surface area (Å²) in [7, 11) is 0. The monoisotopic (exact) mass is 686 g/mol. The molecule has 12 heteroatoms. The third-order valence-electron chi connectivity index (χ3n) is 10.2. The zero-order chi connectivity index (χ0) is 35.8. The van der Waals surface area contributed by atoms with Crippen LogP contribution in [0.2, 0.25) is 0 Å². The maximum absolute atomic E-state index is 16.2. The maximum atomic E-state index is 16.2. The summed E-state index contributed by atoms with van der Waals surface area (Å²) in [6.45, 7) is 15.7. The molecule has 0 unspecified atom stereocenters. The van der Waals surface area contributed by atoms with Gasteiger partial charge in [0.25, 0.3) is 5.91 Å². The van der Waals surface area contributed by atoms with Gasteiger partial charge in [-0.3, -0.25) is 14.4 Å². The number of benzene rings is 1. The molecule has 2 N–H and O–H groups in total. The lowest BCUT2D eigenvalue weighted by Crippen LogP contribution is -2.52. The lowest BCUT2D eigenvalue weighted by Gasteiger charge is -2.47. The van der Waals surface area contributed by atoms with Crippen molar-refractivity contribution < 1.29 is 37.8 Å². The Balaban J connectivity index is 1.11. The average Bonchev–Trinajstić information content (AvgIpc) is 3.32. The van der Waals surface area contributed by atoms with Crippen LogP contribution in [0.3, 0.4) is 0 Å². The van der Waals surface area contributed by atoms with Crippen LogP contribution in [0.1, 0.15) is 126 Å². The SMILES string of the molecule is Cc1cc(C2CCN(C3CC(OC4CCN(C(=O)OC(C)(C)C)CC4)C3)CC2)c(F)c2c1C(=O)N([C@@H](CCC(=O)OC(C)(C)C)C(N)=O)C2. The summed E-state index contributed by atoms with van der Waals surface area (Å²) in [6.07, 6.45) is 5.29. The van der Waals surface area contributed by atoms with E-state index in [2.05, 4.69) is 4.90 Å². The fraction of sp³-hybridized carbons (Fsp3) is 0.730. The molecule has 0 bridgehead atoms. The smallest absolute Gasteiger partial charge is 0.410 e. The first-order valence-corrected chi connectivity index (χ1v) is 17.9. The van der Waals surface area contributed by atoms with E-state index in [0.717, 1.165) is 51.6 Å². The third-order valence-corrected chi connectivity index (χ3v) is 10.2. The zero-order valence-electron chi connectivity index (χ0n) is 30.3. The number of ether oxygens (including phenoxy) is 3. The fourth-order valence-corrected chi connectivity index (χ4v) is 7.67. The molecule has 1 aromatic carbocycles. The summed E-state index contributed by atoms with van der Waals surface area (Å²) in [5.74, 6) is -1.99. The highest BCUT2D eigenvalue weighted by Crippen LogP contribution is 2.40. The number of primary amides is 1. The van der Waals surface area contributed by atoms with Crippen LogP contribution in [0.5, 0.6) is 0 Å². The molecule has 4 aliphatic rings. The highest BCUT2D eigenvalue weighted by molar-refractivity contribution is 6.02. The normalized spacial score (nSPS) is 23.2. The van der Waals surface area contributed by atoms with Gasteiger partial charge in [-0.25, -0.2) is 9.18 Å². The molecule has 3 aliphatic heterocycles. The summed E-state index contributed by atoms with van der Waals surface area (Å²) in [5, 5.41) is 0. The number of esters is 1. The number of piperidine rings is 2. The molecular formula is C37H55FN4O7. The fourth-order valence-electron chi connectivity index (χ4n) is 7.67. The molecule has 3 amide bonds. The van der Waals surface area contributed by atoms with E-state index < -0.39 is 35.0 Å². The first-order chi connectivity index (χ1) is 22.9. The van der Waals surface area contributed by atoms with Gasteiger partial charge in [0.1, 0.15) is 23.1 Å². The van der Waals surface area contributed by atoms with E-state index in [1.807, 2.05) is 27.7 Å². The largest absolute Gasteiger partial charge is 0.460 e. The number of nitrogens with zero attached hydrogens (tertiary/aromatic N) is 3. The minimum atomic E-state index is -1.04. The van der Waals surface area contributed by atoms with Gasteiger partial charge in [-0.05, 0) is 124 Å². The van der Waals surface area contributed by atoms with Crippen molar-refractivity contribution in [2.45, 2.75) is 148 Å². The van der Waals surface area contributed by atoms with Gasteiger partial charge in [0.15, 0.2) is 0 Å². The number of rotatable bonds is 9. The highest BCUT2D eigenvalue weighted by atomic mass is 19.1. The van der Waals surface area contributed by atoms with Gasteiger partial charge >= 0.3 is 12.1 Å². The predicted molar refractivity (Wildman–Crippen MR) is 181 cm³/mol. The van der Waals surface area contributed by atoms with Crippen LogP contribution in [0.25, 0.3) is 0 Å². The molecular weight excluding hydrogens is 631 g/mol. The molecule has 272 valence electrons. The van der Waals surface area contributed by atoms with Crippen molar-refractivity contribution in [3.8, 4) is 0 Å². The van der Waals surface area contributed by atoms with Crippen molar-refractivity contribution in [1.29, 1.82) is 0 Å². The minimum Gasteiger partial charge on any atom is -0.460 e. The van der Waals surface area contributed by atoms with Crippen molar-refractivity contribution in [2.24, 2.45) is 5.73 Å². The first kappa shape index (κ1) is 37.0. The number of aryl methyl sites for hydroxylation is 1. The molecule has 11 nitrogen and oxygen atoms in total. The maximum Gasteiger partial charge on any atom is 0.410 e. The summed E-state index contributed by atoms with van der Waals surface area (Å²) < 4.78 is 33.4. The number of fused-ring (bicyclic) bond motifs is 1. The molecule has 0 radical (unpaired) electrons. The van der Waals surface area contributed by atoms with Crippen LogP contribution in [-0.4, -0.2) is 100 Å². The Bertz CT molecular complexity index is 1410. The van der Waals surface area contributed by atoms with E-state index in [-0.39, 0.29) is 49.4 Å². The minimum absolute atomic E-state index is 0.0103. The molecule has 2 saturated heterocycles. The Morgan fingerprint density at radius 1 is 0.939 bits per heavy atom. The van der Waals surface area contributed by atoms with Gasteiger partial charge in [-0.2, -0.15) is 0 Å². The van der Waals surface area contributed by atoms with Crippen molar-refractivity contribution in [3.05, 3.63) is 34.1 Å². The standard InChI is InChI=1S/C37H55FN4O7/c1-22-18-27(32(38)28-21-42(34(45)31(22)28)29(33(39)44)8-9-30(43)48-36(2,3)4)23-10-14-40(15-11-23)24-19-26(20-24)47-25-12-16-41(17-13-25)35(46)49-37(5,6)7/h18,23-26,29H,8-17,19-21H2,1-7H3,(H2,39,44)/t24?,26?,29-/m0/s1. The van der Waals surface area contributed by atoms with E-state index in [1.54, 1.807) is 31.7 Å². The third kappa shape index (κ3) is 8.92. The van der Waals surface area contributed by atoms with Crippen LogP contribution in [0, 0.1) is 12.7 Å². The number of amides is 3. The molecule has 1 saturated carbocycles. The summed E-state index contributed by atoms with van der Waals surface area (Å²) in [4.78, 5) is 56.1. The quantitative estimate of drug-likeness (QED) is 0.351. The number of hydrogen-bond acceptors (Lipinski definition) is 8. The van der Waals surface area contributed by atoms with E-state index in [0.29, 0.717) is 41.4 Å². The zero-order valence-corrected chi connectivity index (χ0v) is 30.3. The van der Waals surface area contributed by atoms with E-state index in [1.165, 1.54) is 4.90 Å². The number of carbonyl (C=O) groups excluding carboxylic acids is 4. The molecule has 49 heavy (non-hydrogen) atoms. The molecule has 0 spiro atoms. The van der Waals surface area contributed by atoms with Gasteiger partial charge in [-0.1, -0.05) is 6.07 Å². The second kappa shape index (κ2) is 14.5. The molecule has 0 aromatic heterocycles. The van der Waals surface area contributed by atoms with Crippen molar-refractivity contribution in [1.82, 2.24) is 14.7 Å². The van der Waals surface area contributed by atoms with Crippen LogP contribution in [-0.2, 0) is 30.3 Å². The molecule has 1 aromatic rings. The van der Waals surface area contributed by atoms with Crippen LogP contribution in [0.15, 0.2) is 6.07 Å². The second-order valence-corrected chi connectivity index (χ2v) is 16.3. The highest BCUT2D eigenvalue weighted by Gasteiger charge is 2.42. The van der Waals surface area contributed by atoms with E-state index in [4.69, 9.17) is 19.9 Å². The van der Waals surface area contributed by atoms with E-state index >= 15 is 4.39 Å². The van der Waals surface area contributed by atoms with Crippen molar-refractivity contribution in [2.75, 3.05) is 26.2 Å². The van der Waals surface area contributed by atoms with E-state index in [9.17, 15) is 19.2 Å². The Labute approximate surface area is 289 Å². The van der Waals surface area contributed by atoms with Crippen LogP contribution >= 0.6 is 0 Å². The summed E-state index contributed by atoms with van der Waals surface area (Å²) in [6, 6.07) is 1.22. The number of nitrogens with two attached hydrogens (primary N) is 1. The average molecular weight is 687 g/mol. The number of likely N-dealkylation sites (tertiary alicyclic amines) is 2. The second-order valence-electron chi connectivity index (χ2n) is 16.3. The molecule has 1 atom stereocenters. The first-order valence-electron chi connectivity index (χ1n) is 17.9. The van der Waals surface area contributed by atoms with Gasteiger partial charge < -0.3 is 34.6 Å². The Morgan fingerprint density at radius 3 is 2.12 bits per heavy atom. The summed E-state index contributed by atoms with van der Waals surface area (Å²) in [5.41, 5.74) is 6.42. The Morgan fingerprint density at radius 2 is 1.55 bits per heavy atom. The number of hydrogen-bond donors (Lipinski definition) is 1. The molecule has 1 aliphatic carbocycles. The van der Waals surface area contributed by atoms with Crippen molar-refractivity contribution in [3.63, 3.8) is 0 Å². The number of halogens is 1. The predicted octanol–water partition coefficient (Wildman–Crippen LogP) is 5.19. The van der Waals surface area contributed by atoms with Crippen LogP contribution in [0.4, 0.5) is 9.18 Å². The Kier molecular flexibility index (Phi) is 11.0. The van der Waals surface area contributed by atoms with Gasteiger partial charge in [0, 0.05) is 31.1 Å². The lowest BCUT2D eigenvalue weighted by atomic mass is 9.82. The van der Waals surface area contributed by atoms with Crippen molar-refractivity contribution >= 4 is 23.9 Å². The topological polar surface area (TPSA) is 132 Å². The van der Waals surface area contributed by atoms with Gasteiger partial charge in [-0.15, -0.1) is 0 Å². The summed E-state index contributed by atoms with van der Waals surface area (Å²) >= 11 is 0. The lowest BCUT2D eigenvalue weighted by molar-refractivity contribution is -0.155. The van der Waals surface area contributed by atoms with Gasteiger partial charge in [0.05, 0.1) is 24.3 Å². The molecule has 5 rings (SSSR count). The number of carbonyl (C=O) groups is 4.